The highest BCUT2D eigenvalue weighted by molar-refractivity contribution is 7.99. The number of rotatable bonds is 6. The van der Waals surface area contributed by atoms with E-state index in [1.165, 1.54) is 23.9 Å². The van der Waals surface area contributed by atoms with Crippen LogP contribution in [0.2, 0.25) is 0 Å². The lowest BCUT2D eigenvalue weighted by Crippen LogP contribution is -2.30. The zero-order valence-electron chi connectivity index (χ0n) is 12.2. The van der Waals surface area contributed by atoms with E-state index in [-0.39, 0.29) is 17.7 Å². The molecule has 0 aliphatic carbocycles. The van der Waals surface area contributed by atoms with Crippen molar-refractivity contribution in [3.8, 4) is 0 Å². The summed E-state index contributed by atoms with van der Waals surface area (Å²) in [7, 11) is 1.88. The lowest BCUT2D eigenvalue weighted by atomic mass is 10.0. The van der Waals surface area contributed by atoms with E-state index in [4.69, 9.17) is 0 Å². The largest absolute Gasteiger partial charge is 0.316 e. The standard InChI is InChI=1S/C17H19F2NS/c1-12-7-8-14(18)9-13(12)10-15(20-2)11-21-17-6-4-3-5-16(17)19/h3-9,15,20H,10-11H2,1-2H3. The van der Waals surface area contributed by atoms with Crippen LogP contribution in [0.4, 0.5) is 8.78 Å². The molecule has 0 saturated heterocycles. The molecule has 0 amide bonds. The van der Waals surface area contributed by atoms with Crippen molar-refractivity contribution in [2.45, 2.75) is 24.3 Å². The van der Waals surface area contributed by atoms with Gasteiger partial charge in [-0.1, -0.05) is 18.2 Å². The topological polar surface area (TPSA) is 12.0 Å². The molecule has 0 radical (unpaired) electrons. The Bertz CT molecular complexity index is 601. The second-order valence-corrected chi connectivity index (χ2v) is 6.06. The van der Waals surface area contributed by atoms with E-state index in [1.807, 2.05) is 20.0 Å². The summed E-state index contributed by atoms with van der Waals surface area (Å²) >= 11 is 1.48. The van der Waals surface area contributed by atoms with Crippen LogP contribution in [0.25, 0.3) is 0 Å². The van der Waals surface area contributed by atoms with Crippen molar-refractivity contribution < 1.29 is 8.78 Å². The minimum atomic E-state index is -0.216. The fraction of sp³-hybridized carbons (Fsp3) is 0.294. The quantitative estimate of drug-likeness (QED) is 0.803. The molecule has 2 rings (SSSR count). The van der Waals surface area contributed by atoms with Gasteiger partial charge in [0.25, 0.3) is 0 Å². The van der Waals surface area contributed by atoms with E-state index < -0.39 is 0 Å². The Morgan fingerprint density at radius 3 is 2.62 bits per heavy atom. The third-order valence-electron chi connectivity index (χ3n) is 3.46. The second kappa shape index (κ2) is 7.57. The number of halogens is 2. The Hall–Kier alpha value is -1.39. The highest BCUT2D eigenvalue weighted by Gasteiger charge is 2.12. The molecule has 1 nitrogen and oxygen atoms in total. The van der Waals surface area contributed by atoms with Crippen molar-refractivity contribution >= 4 is 11.8 Å². The van der Waals surface area contributed by atoms with Gasteiger partial charge in [-0.3, -0.25) is 0 Å². The molecule has 4 heteroatoms. The fourth-order valence-corrected chi connectivity index (χ4v) is 3.17. The predicted molar refractivity (Wildman–Crippen MR) is 84.8 cm³/mol. The molecule has 2 aromatic rings. The SMILES string of the molecule is CNC(CSc1ccccc1F)Cc1cc(F)ccc1C. The molecule has 0 aliphatic heterocycles. The Labute approximate surface area is 128 Å². The van der Waals surface area contributed by atoms with Crippen molar-refractivity contribution in [3.05, 3.63) is 65.2 Å². The van der Waals surface area contributed by atoms with Gasteiger partial charge in [0.1, 0.15) is 11.6 Å². The van der Waals surface area contributed by atoms with E-state index in [0.717, 1.165) is 23.3 Å². The molecule has 112 valence electrons. The van der Waals surface area contributed by atoms with Crippen molar-refractivity contribution in [1.29, 1.82) is 0 Å². The highest BCUT2D eigenvalue weighted by atomic mass is 32.2. The number of aryl methyl sites for hydroxylation is 1. The molecular formula is C17H19F2NS. The van der Waals surface area contributed by atoms with Gasteiger partial charge >= 0.3 is 0 Å². The minimum Gasteiger partial charge on any atom is -0.316 e. The Balaban J connectivity index is 2.00. The molecule has 0 saturated carbocycles. The molecule has 0 bridgehead atoms. The van der Waals surface area contributed by atoms with Crippen LogP contribution in [0.15, 0.2) is 47.4 Å². The van der Waals surface area contributed by atoms with Crippen LogP contribution in [0, 0.1) is 18.6 Å². The molecular weight excluding hydrogens is 288 g/mol. The number of hydrogen-bond acceptors (Lipinski definition) is 2. The summed E-state index contributed by atoms with van der Waals surface area (Å²) in [6, 6.07) is 11.8. The van der Waals surface area contributed by atoms with Gasteiger partial charge in [-0.05, 0) is 55.8 Å². The molecule has 0 aromatic heterocycles. The van der Waals surface area contributed by atoms with Crippen LogP contribution in [0.5, 0.6) is 0 Å². The molecule has 1 N–H and O–H groups in total. The monoisotopic (exact) mass is 307 g/mol. The van der Waals surface area contributed by atoms with Gasteiger partial charge in [-0.25, -0.2) is 8.78 Å². The first-order chi connectivity index (χ1) is 10.1. The average molecular weight is 307 g/mol. The van der Waals surface area contributed by atoms with Gasteiger partial charge in [0.15, 0.2) is 0 Å². The lowest BCUT2D eigenvalue weighted by Gasteiger charge is -2.17. The summed E-state index contributed by atoms with van der Waals surface area (Å²) in [6.07, 6.45) is 0.724. The van der Waals surface area contributed by atoms with Gasteiger partial charge in [0, 0.05) is 16.7 Å². The second-order valence-electron chi connectivity index (χ2n) is 5.00. The van der Waals surface area contributed by atoms with Crippen molar-refractivity contribution in [2.75, 3.05) is 12.8 Å². The molecule has 0 fully saturated rings. The smallest absolute Gasteiger partial charge is 0.136 e. The first-order valence-electron chi connectivity index (χ1n) is 6.89. The van der Waals surface area contributed by atoms with Gasteiger partial charge in [-0.15, -0.1) is 11.8 Å². The Morgan fingerprint density at radius 2 is 1.90 bits per heavy atom. The third-order valence-corrected chi connectivity index (χ3v) is 4.67. The molecule has 21 heavy (non-hydrogen) atoms. The van der Waals surface area contributed by atoms with Crippen LogP contribution in [-0.2, 0) is 6.42 Å². The van der Waals surface area contributed by atoms with Crippen LogP contribution >= 0.6 is 11.8 Å². The molecule has 0 heterocycles. The molecule has 2 aromatic carbocycles. The maximum Gasteiger partial charge on any atom is 0.136 e. The van der Waals surface area contributed by atoms with Crippen LogP contribution < -0.4 is 5.32 Å². The fourth-order valence-electron chi connectivity index (χ4n) is 2.12. The summed E-state index contributed by atoms with van der Waals surface area (Å²) in [6.45, 7) is 1.98. The maximum atomic E-state index is 13.6. The number of benzene rings is 2. The van der Waals surface area contributed by atoms with E-state index in [0.29, 0.717) is 4.90 Å². The van der Waals surface area contributed by atoms with Crippen molar-refractivity contribution in [3.63, 3.8) is 0 Å². The first-order valence-corrected chi connectivity index (χ1v) is 7.88. The first kappa shape index (κ1) is 16.0. The van der Waals surface area contributed by atoms with Gasteiger partial charge in [-0.2, -0.15) is 0 Å². The van der Waals surface area contributed by atoms with E-state index in [1.54, 1.807) is 24.3 Å². The third kappa shape index (κ3) is 4.55. The van der Waals surface area contributed by atoms with Crippen molar-refractivity contribution in [2.24, 2.45) is 0 Å². The number of thioether (sulfide) groups is 1. The number of nitrogens with one attached hydrogen (secondary N) is 1. The zero-order chi connectivity index (χ0) is 15.2. The normalized spacial score (nSPS) is 12.4. The molecule has 0 spiro atoms. The summed E-state index contributed by atoms with van der Waals surface area (Å²) in [4.78, 5) is 0.647. The summed E-state index contributed by atoms with van der Waals surface area (Å²) in [5, 5.41) is 3.22. The minimum absolute atomic E-state index is 0.162. The lowest BCUT2D eigenvalue weighted by molar-refractivity contribution is 0.594. The van der Waals surface area contributed by atoms with Gasteiger partial charge in [0.05, 0.1) is 0 Å². The number of hydrogen-bond donors (Lipinski definition) is 1. The highest BCUT2D eigenvalue weighted by Crippen LogP contribution is 2.23. The summed E-state index contributed by atoms with van der Waals surface area (Å²) < 4.78 is 26.9. The van der Waals surface area contributed by atoms with Crippen LogP contribution in [0.3, 0.4) is 0 Å². The van der Waals surface area contributed by atoms with Crippen LogP contribution in [0.1, 0.15) is 11.1 Å². The van der Waals surface area contributed by atoms with E-state index in [2.05, 4.69) is 5.32 Å². The van der Waals surface area contributed by atoms with Crippen molar-refractivity contribution in [1.82, 2.24) is 5.32 Å². The predicted octanol–water partition coefficient (Wildman–Crippen LogP) is 4.20. The average Bonchev–Trinajstić information content (AvgIpc) is 2.48. The maximum absolute atomic E-state index is 13.6. The zero-order valence-corrected chi connectivity index (χ0v) is 13.0. The van der Waals surface area contributed by atoms with Gasteiger partial charge in [0.2, 0.25) is 0 Å². The Morgan fingerprint density at radius 1 is 1.14 bits per heavy atom. The molecule has 1 unspecified atom stereocenters. The van der Waals surface area contributed by atoms with E-state index in [9.17, 15) is 8.78 Å². The van der Waals surface area contributed by atoms with Gasteiger partial charge < -0.3 is 5.32 Å². The molecule has 0 aliphatic rings. The summed E-state index contributed by atoms with van der Waals surface area (Å²) in [5.74, 6) is 0.319. The Kier molecular flexibility index (Phi) is 5.76. The van der Waals surface area contributed by atoms with E-state index >= 15 is 0 Å². The molecule has 1 atom stereocenters. The summed E-state index contributed by atoms with van der Waals surface area (Å²) in [5.41, 5.74) is 2.07. The number of likely N-dealkylation sites (N-methyl/N-ethyl adjacent to an activating group) is 1. The van der Waals surface area contributed by atoms with Crippen LogP contribution in [-0.4, -0.2) is 18.8 Å².